The number of carbonyl (C=O) groups is 1. The normalized spacial score (nSPS) is 10.8. The van der Waals surface area contributed by atoms with Crippen molar-refractivity contribution >= 4 is 22.5 Å². The van der Waals surface area contributed by atoms with Gasteiger partial charge in [-0.2, -0.15) is 0 Å². The average molecular weight is 316 g/mol. The summed E-state index contributed by atoms with van der Waals surface area (Å²) in [5.74, 6) is -5.19. The Kier molecular flexibility index (Phi) is 3.73. The number of aromatic nitrogens is 1. The third-order valence-corrected chi connectivity index (χ3v) is 3.35. The fourth-order valence-corrected chi connectivity index (χ4v) is 2.23. The molecule has 0 atom stereocenters. The molecule has 3 rings (SSSR count). The van der Waals surface area contributed by atoms with Gasteiger partial charge in [0.2, 0.25) is 0 Å². The van der Waals surface area contributed by atoms with Gasteiger partial charge in [0.1, 0.15) is 0 Å². The van der Waals surface area contributed by atoms with Crippen LogP contribution in [0.1, 0.15) is 16.1 Å². The first-order valence-corrected chi connectivity index (χ1v) is 6.78. The van der Waals surface area contributed by atoms with Gasteiger partial charge in [0.05, 0.1) is 11.2 Å². The molecule has 0 aliphatic rings. The second kappa shape index (κ2) is 5.72. The number of nitrogens with zero attached hydrogens (tertiary/aromatic N) is 1. The summed E-state index contributed by atoms with van der Waals surface area (Å²) in [6, 6.07) is 10.2. The van der Waals surface area contributed by atoms with Crippen molar-refractivity contribution in [1.82, 2.24) is 4.98 Å². The van der Waals surface area contributed by atoms with Gasteiger partial charge in [0.15, 0.2) is 17.5 Å². The van der Waals surface area contributed by atoms with E-state index in [1.54, 1.807) is 12.1 Å². The van der Waals surface area contributed by atoms with Gasteiger partial charge < -0.3 is 5.32 Å². The zero-order valence-corrected chi connectivity index (χ0v) is 12.0. The third kappa shape index (κ3) is 2.88. The Bertz CT molecular complexity index is 902. The molecule has 1 aromatic heterocycles. The van der Waals surface area contributed by atoms with Crippen LogP contribution in [0.4, 0.5) is 18.9 Å². The maximum atomic E-state index is 13.2. The van der Waals surface area contributed by atoms with E-state index in [-0.39, 0.29) is 5.56 Å². The molecule has 0 unspecified atom stereocenters. The predicted molar refractivity (Wildman–Crippen MR) is 80.7 cm³/mol. The molecule has 6 heteroatoms. The summed E-state index contributed by atoms with van der Waals surface area (Å²) in [5.41, 5.74) is 1.41. The molecule has 0 aliphatic heterocycles. The molecule has 0 bridgehead atoms. The van der Waals surface area contributed by atoms with Crippen LogP contribution < -0.4 is 5.32 Å². The molecule has 0 aliphatic carbocycles. The van der Waals surface area contributed by atoms with Crippen LogP contribution in [0.5, 0.6) is 0 Å². The topological polar surface area (TPSA) is 42.0 Å². The van der Waals surface area contributed by atoms with E-state index in [1.807, 2.05) is 25.1 Å². The maximum absolute atomic E-state index is 13.2. The predicted octanol–water partition coefficient (Wildman–Crippen LogP) is 4.21. The first-order valence-electron chi connectivity index (χ1n) is 6.78. The van der Waals surface area contributed by atoms with E-state index < -0.39 is 23.4 Å². The first kappa shape index (κ1) is 15.0. The smallest absolute Gasteiger partial charge is 0.255 e. The minimum Gasteiger partial charge on any atom is -0.320 e. The van der Waals surface area contributed by atoms with Crippen LogP contribution in [0.25, 0.3) is 10.9 Å². The summed E-state index contributed by atoms with van der Waals surface area (Å²) in [7, 11) is 0. The first-order chi connectivity index (χ1) is 11.0. The van der Waals surface area contributed by atoms with Gasteiger partial charge in [-0.3, -0.25) is 9.78 Å². The van der Waals surface area contributed by atoms with Gasteiger partial charge in [-0.25, -0.2) is 13.2 Å². The quantitative estimate of drug-likeness (QED) is 0.720. The Hall–Kier alpha value is -2.89. The van der Waals surface area contributed by atoms with E-state index in [0.29, 0.717) is 23.3 Å². The largest absolute Gasteiger partial charge is 0.320 e. The average Bonchev–Trinajstić information content (AvgIpc) is 2.52. The molecule has 0 saturated heterocycles. The van der Waals surface area contributed by atoms with E-state index in [0.717, 1.165) is 11.1 Å². The molecule has 3 aromatic rings. The van der Waals surface area contributed by atoms with E-state index in [4.69, 9.17) is 0 Å². The second-order valence-electron chi connectivity index (χ2n) is 5.04. The zero-order valence-electron chi connectivity index (χ0n) is 12.0. The minimum atomic E-state index is -1.61. The lowest BCUT2D eigenvalue weighted by Crippen LogP contribution is -2.13. The number of halogens is 3. The molecule has 1 heterocycles. The number of carbonyl (C=O) groups excluding carboxylic acids is 1. The molecule has 116 valence electrons. The van der Waals surface area contributed by atoms with Crippen molar-refractivity contribution < 1.29 is 18.0 Å². The Morgan fingerprint density at radius 1 is 1.04 bits per heavy atom. The highest BCUT2D eigenvalue weighted by atomic mass is 19.2. The fraction of sp³-hybridized carbons (Fsp3) is 0.0588. The van der Waals surface area contributed by atoms with Gasteiger partial charge >= 0.3 is 0 Å². The standard InChI is InChI=1S/C17H11F3N2O/c1-9-5-6-10-3-2-4-14(16(10)21-9)22-17(23)11-7-12(18)15(20)13(19)8-11/h2-8H,1H3,(H,22,23). The number of rotatable bonds is 2. The van der Waals surface area contributed by atoms with Gasteiger partial charge in [0.25, 0.3) is 5.91 Å². The molecule has 1 N–H and O–H groups in total. The molecule has 0 saturated carbocycles. The van der Waals surface area contributed by atoms with Crippen LogP contribution in [0.3, 0.4) is 0 Å². The number of hydrogen-bond donors (Lipinski definition) is 1. The van der Waals surface area contributed by atoms with Crippen LogP contribution in [-0.2, 0) is 0 Å². The van der Waals surface area contributed by atoms with E-state index >= 15 is 0 Å². The van der Waals surface area contributed by atoms with Gasteiger partial charge in [-0.15, -0.1) is 0 Å². The third-order valence-electron chi connectivity index (χ3n) is 3.35. The fourth-order valence-electron chi connectivity index (χ4n) is 2.23. The molecule has 0 spiro atoms. The van der Waals surface area contributed by atoms with Crippen molar-refractivity contribution in [2.24, 2.45) is 0 Å². The van der Waals surface area contributed by atoms with Crippen LogP contribution in [0.15, 0.2) is 42.5 Å². The van der Waals surface area contributed by atoms with Crippen molar-refractivity contribution in [2.75, 3.05) is 5.32 Å². The van der Waals surface area contributed by atoms with Crippen molar-refractivity contribution in [3.63, 3.8) is 0 Å². The maximum Gasteiger partial charge on any atom is 0.255 e. The Labute approximate surface area is 129 Å². The number of para-hydroxylation sites is 1. The number of nitrogens with one attached hydrogen (secondary N) is 1. The van der Waals surface area contributed by atoms with Gasteiger partial charge in [0, 0.05) is 16.6 Å². The molecule has 23 heavy (non-hydrogen) atoms. The minimum absolute atomic E-state index is 0.314. The summed E-state index contributed by atoms with van der Waals surface area (Å²) in [6.07, 6.45) is 0. The monoisotopic (exact) mass is 316 g/mol. The number of fused-ring (bicyclic) bond motifs is 1. The summed E-state index contributed by atoms with van der Waals surface area (Å²) < 4.78 is 39.4. The van der Waals surface area contributed by atoms with Crippen LogP contribution in [0, 0.1) is 24.4 Å². The number of hydrogen-bond acceptors (Lipinski definition) is 2. The van der Waals surface area contributed by atoms with Gasteiger partial charge in [-0.1, -0.05) is 18.2 Å². The number of anilines is 1. The Balaban J connectivity index is 1.99. The number of pyridine rings is 1. The SMILES string of the molecule is Cc1ccc2cccc(NC(=O)c3cc(F)c(F)c(F)c3)c2n1. The van der Waals surface area contributed by atoms with Crippen molar-refractivity contribution in [1.29, 1.82) is 0 Å². The van der Waals surface area contributed by atoms with Crippen LogP contribution >= 0.6 is 0 Å². The van der Waals surface area contributed by atoms with Crippen LogP contribution in [-0.4, -0.2) is 10.9 Å². The zero-order chi connectivity index (χ0) is 16.6. The molecule has 0 fully saturated rings. The lowest BCUT2D eigenvalue weighted by atomic mass is 10.1. The highest BCUT2D eigenvalue weighted by Crippen LogP contribution is 2.23. The van der Waals surface area contributed by atoms with E-state index in [9.17, 15) is 18.0 Å². The molecular formula is C17H11F3N2O. The van der Waals surface area contributed by atoms with E-state index in [1.165, 1.54) is 0 Å². The van der Waals surface area contributed by atoms with Crippen molar-refractivity contribution in [3.05, 3.63) is 71.2 Å². The van der Waals surface area contributed by atoms with Gasteiger partial charge in [-0.05, 0) is 31.2 Å². The van der Waals surface area contributed by atoms with E-state index in [2.05, 4.69) is 10.3 Å². The molecule has 2 aromatic carbocycles. The Morgan fingerprint density at radius 3 is 2.43 bits per heavy atom. The lowest BCUT2D eigenvalue weighted by Gasteiger charge is -2.09. The number of benzene rings is 2. The van der Waals surface area contributed by atoms with Crippen molar-refractivity contribution in [2.45, 2.75) is 6.92 Å². The second-order valence-corrected chi connectivity index (χ2v) is 5.04. The molecule has 3 nitrogen and oxygen atoms in total. The summed E-state index contributed by atoms with van der Waals surface area (Å²) in [6.45, 7) is 1.81. The van der Waals surface area contributed by atoms with Crippen LogP contribution in [0.2, 0.25) is 0 Å². The molecule has 1 amide bonds. The lowest BCUT2D eigenvalue weighted by molar-refractivity contribution is 0.102. The number of amides is 1. The highest BCUT2D eigenvalue weighted by molar-refractivity contribution is 6.08. The molecule has 0 radical (unpaired) electrons. The summed E-state index contributed by atoms with van der Waals surface area (Å²) in [4.78, 5) is 16.5. The number of aryl methyl sites for hydroxylation is 1. The Morgan fingerprint density at radius 2 is 1.74 bits per heavy atom. The van der Waals surface area contributed by atoms with Crippen molar-refractivity contribution in [3.8, 4) is 0 Å². The summed E-state index contributed by atoms with van der Waals surface area (Å²) in [5, 5.41) is 3.36. The molecular weight excluding hydrogens is 305 g/mol. The summed E-state index contributed by atoms with van der Waals surface area (Å²) >= 11 is 0. The highest BCUT2D eigenvalue weighted by Gasteiger charge is 2.16.